The Morgan fingerprint density at radius 2 is 1.09 bits per heavy atom. The van der Waals surface area contributed by atoms with E-state index in [4.69, 9.17) is 17.2 Å². The molecule has 0 spiro atoms. The van der Waals surface area contributed by atoms with E-state index in [2.05, 4.69) is 47.5 Å². The van der Waals surface area contributed by atoms with Crippen LogP contribution in [0.25, 0.3) is 0 Å². The first-order chi connectivity index (χ1) is 41.9. The van der Waals surface area contributed by atoms with Crippen molar-refractivity contribution in [2.24, 2.45) is 28.1 Å². The summed E-state index contributed by atoms with van der Waals surface area (Å²) in [6.45, 7) is 5.99. The summed E-state index contributed by atoms with van der Waals surface area (Å²) in [7, 11) is 0. The van der Waals surface area contributed by atoms with Gasteiger partial charge in [-0.2, -0.15) is 11.8 Å². The number of likely N-dealkylation sites (tertiary alicyclic amines) is 2. The predicted molar refractivity (Wildman–Crippen MR) is 328 cm³/mol. The number of carboxylic acids is 1. The monoisotopic (exact) mass is 1250 g/mol. The highest BCUT2D eigenvalue weighted by atomic mass is 32.2. The van der Waals surface area contributed by atoms with Crippen molar-refractivity contribution in [3.05, 3.63) is 65.7 Å². The molecule has 0 bridgehead atoms. The summed E-state index contributed by atoms with van der Waals surface area (Å²) in [5.74, 6) is -8.26. The number of benzene rings is 2. The molecule has 10 atom stereocenters. The van der Waals surface area contributed by atoms with E-state index in [-0.39, 0.29) is 102 Å². The van der Waals surface area contributed by atoms with Gasteiger partial charge in [0.25, 0.3) is 0 Å². The van der Waals surface area contributed by atoms with Gasteiger partial charge in [-0.3, -0.25) is 52.9 Å². The summed E-state index contributed by atoms with van der Waals surface area (Å²) in [5, 5.41) is 50.9. The van der Waals surface area contributed by atoms with Crippen molar-refractivity contribution in [3.8, 4) is 5.75 Å². The number of guanidine groups is 1. The normalized spacial score (nSPS) is 17.3. The topological polar surface area (TPSA) is 442 Å². The Bertz CT molecular complexity index is 2720. The number of aliphatic hydroxyl groups is 1. The first-order valence-corrected chi connectivity index (χ1v) is 31.2. The molecular formula is C59H90N14O14S. The lowest BCUT2D eigenvalue weighted by Crippen LogP contribution is -2.61. The largest absolute Gasteiger partial charge is 0.508 e. The Morgan fingerprint density at radius 1 is 0.602 bits per heavy atom. The van der Waals surface area contributed by atoms with E-state index in [0.717, 1.165) is 0 Å². The van der Waals surface area contributed by atoms with E-state index < -0.39 is 132 Å². The number of thioether (sulfide) groups is 1. The molecule has 88 heavy (non-hydrogen) atoms. The summed E-state index contributed by atoms with van der Waals surface area (Å²) in [5.41, 5.74) is 17.7. The zero-order chi connectivity index (χ0) is 65.0. The maximum atomic E-state index is 14.8. The fourth-order valence-corrected chi connectivity index (χ4v) is 10.8. The van der Waals surface area contributed by atoms with Crippen molar-refractivity contribution < 1.29 is 68.1 Å². The molecule has 2 aromatic rings. The number of phenolic OH excluding ortho intramolecular Hbond substituents is 1. The quantitative estimate of drug-likeness (QED) is 0.0202. The number of aromatic hydroxyl groups is 1. The molecule has 4 rings (SSSR count). The molecule has 0 saturated carbocycles. The minimum absolute atomic E-state index is 0.000602. The highest BCUT2D eigenvalue weighted by Gasteiger charge is 2.43. The number of carboxylic acid groups (broad SMARTS) is 1. The second-order valence-corrected chi connectivity index (χ2v) is 23.4. The fourth-order valence-electron chi connectivity index (χ4n) is 10.3. The molecule has 2 aliphatic rings. The SMILES string of the molecule is CSCC[C@H](NC(=O)[C@H]1CCCN1C(=O)[C@H](CCCCN)NC(=O)[C@H](Cc1ccccc1)NC(=O)[C@H](CO)NC(=O)[C@H](Cc1ccc(O)cc1)NC(C)=O)C(=O)N1CCC[C@H]1C(=O)N[C@H](CC(C)C)C(=O)N[C@@H](C)C(=O)N[C@H](CCCN=C(N)N)C(=O)O. The zero-order valence-corrected chi connectivity index (χ0v) is 51.6. The summed E-state index contributed by atoms with van der Waals surface area (Å²) in [4.78, 5) is 158. The molecule has 0 unspecified atom stereocenters. The molecule has 10 amide bonds. The molecule has 0 aliphatic carbocycles. The first kappa shape index (κ1) is 72.4. The minimum Gasteiger partial charge on any atom is -0.508 e. The molecule has 29 heteroatoms. The number of hydrogen-bond donors (Lipinski definition) is 14. The van der Waals surface area contributed by atoms with Gasteiger partial charge in [0, 0.05) is 39.4 Å². The summed E-state index contributed by atoms with van der Waals surface area (Å²) >= 11 is 1.42. The van der Waals surface area contributed by atoms with Crippen LogP contribution in [0.2, 0.25) is 0 Å². The second-order valence-electron chi connectivity index (χ2n) is 22.5. The van der Waals surface area contributed by atoms with Crippen LogP contribution in [0.4, 0.5) is 0 Å². The fraction of sp³-hybridized carbons (Fsp3) is 0.593. The summed E-state index contributed by atoms with van der Waals surface area (Å²) < 4.78 is 0. The number of nitrogens with zero attached hydrogens (tertiary/aromatic N) is 3. The number of nitrogens with two attached hydrogens (primary N) is 3. The molecule has 2 fully saturated rings. The van der Waals surface area contributed by atoms with Crippen molar-refractivity contribution in [3.63, 3.8) is 0 Å². The van der Waals surface area contributed by atoms with Crippen molar-refractivity contribution in [1.82, 2.24) is 52.3 Å². The van der Waals surface area contributed by atoms with Gasteiger partial charge < -0.3 is 84.9 Å². The third-order valence-electron chi connectivity index (χ3n) is 14.9. The first-order valence-electron chi connectivity index (χ1n) is 29.8. The van der Waals surface area contributed by atoms with Gasteiger partial charge in [-0.1, -0.05) is 56.3 Å². The molecule has 2 aromatic carbocycles. The molecule has 2 heterocycles. The van der Waals surface area contributed by atoms with Gasteiger partial charge >= 0.3 is 5.97 Å². The van der Waals surface area contributed by atoms with Crippen molar-refractivity contribution >= 4 is 82.8 Å². The number of carbonyl (C=O) groups is 11. The molecule has 2 saturated heterocycles. The highest BCUT2D eigenvalue weighted by Crippen LogP contribution is 2.24. The summed E-state index contributed by atoms with van der Waals surface area (Å²) in [6.07, 6.45) is 4.40. The van der Waals surface area contributed by atoms with Gasteiger partial charge in [0.05, 0.1) is 6.61 Å². The zero-order valence-electron chi connectivity index (χ0n) is 50.8. The predicted octanol–water partition coefficient (Wildman–Crippen LogP) is -1.86. The number of hydrogen-bond acceptors (Lipinski definition) is 16. The third-order valence-corrected chi connectivity index (χ3v) is 15.6. The number of phenols is 1. The highest BCUT2D eigenvalue weighted by molar-refractivity contribution is 7.98. The van der Waals surface area contributed by atoms with Gasteiger partial charge in [-0.25, -0.2) is 4.79 Å². The van der Waals surface area contributed by atoms with E-state index in [1.165, 1.54) is 47.5 Å². The maximum absolute atomic E-state index is 14.8. The van der Waals surface area contributed by atoms with Crippen LogP contribution in [0.3, 0.4) is 0 Å². The van der Waals surface area contributed by atoms with Crippen molar-refractivity contribution in [2.45, 2.75) is 172 Å². The van der Waals surface area contributed by atoms with E-state index in [1.807, 2.05) is 20.1 Å². The molecule has 2 aliphatic heterocycles. The Hall–Kier alpha value is -8.05. The number of amides is 10. The molecule has 486 valence electrons. The van der Waals surface area contributed by atoms with Gasteiger partial charge in [0.1, 0.15) is 66.2 Å². The van der Waals surface area contributed by atoms with Gasteiger partial charge in [0.2, 0.25) is 59.1 Å². The molecule has 0 radical (unpaired) electrons. The number of carbonyl (C=O) groups excluding carboxylic acids is 10. The van der Waals surface area contributed by atoms with Gasteiger partial charge in [-0.15, -0.1) is 0 Å². The average Bonchev–Trinajstić information content (AvgIpc) is 3.30. The van der Waals surface area contributed by atoms with E-state index in [0.29, 0.717) is 42.6 Å². The molecular weight excluding hydrogens is 1160 g/mol. The maximum Gasteiger partial charge on any atom is 0.326 e. The lowest BCUT2D eigenvalue weighted by atomic mass is 10.0. The Morgan fingerprint density at radius 3 is 1.61 bits per heavy atom. The van der Waals surface area contributed by atoms with Crippen LogP contribution in [-0.4, -0.2) is 201 Å². The lowest BCUT2D eigenvalue weighted by molar-refractivity contribution is -0.145. The number of aliphatic imine (C=N–C) groups is 1. The Balaban J connectivity index is 1.50. The number of unbranched alkanes of at least 4 members (excludes halogenated alkanes) is 1. The standard InChI is InChI=1S/C59H90N14O14S/c1-34(2)30-43(50(78)64-35(3)49(77)68-42(58(86)87)17-11-26-63-59(61)62)70-55(83)48-19-13-28-73(48)57(85)41(24-29-88-5)67-54(82)47-18-12-27-72(47)56(84)40(16-9-10-25-60)66-52(80)45(31-37-14-7-6-8-15-37)69-53(81)46(33-74)71-51(79)44(65-36(4)75)32-38-20-22-39(76)23-21-38/h6-8,14-15,20-23,34-35,40-48,74,76H,9-13,16-19,24-33,60H2,1-5H3,(H,64,78)(H,65,75)(H,66,80)(H,67,82)(H,68,77)(H,69,81)(H,70,83)(H,71,79)(H,86,87)(H4,61,62,63)/t35-,40-,41-,42+,43+,44-,45-,46-,47+,48-/m0/s1. The van der Waals surface area contributed by atoms with Crippen LogP contribution in [0.15, 0.2) is 59.6 Å². The Kier molecular flexibility index (Phi) is 30.4. The Labute approximate surface area is 517 Å². The van der Waals surface area contributed by atoms with E-state index >= 15 is 0 Å². The van der Waals surface area contributed by atoms with Gasteiger partial charge in [-0.05, 0) is 125 Å². The number of rotatable bonds is 36. The van der Waals surface area contributed by atoms with Crippen LogP contribution < -0.4 is 59.7 Å². The van der Waals surface area contributed by atoms with Crippen LogP contribution in [-0.2, 0) is 65.6 Å². The summed E-state index contributed by atoms with van der Waals surface area (Å²) in [6, 6.07) is 2.16. The number of nitrogens with one attached hydrogen (secondary N) is 8. The number of aliphatic carboxylic acids is 1. The molecule has 17 N–H and O–H groups in total. The van der Waals surface area contributed by atoms with Gasteiger partial charge in [0.15, 0.2) is 5.96 Å². The minimum atomic E-state index is -1.61. The van der Waals surface area contributed by atoms with Crippen molar-refractivity contribution in [2.75, 3.05) is 44.8 Å². The molecule has 0 aromatic heterocycles. The lowest BCUT2D eigenvalue weighted by Gasteiger charge is -2.32. The third kappa shape index (κ3) is 23.6. The van der Waals surface area contributed by atoms with E-state index in [1.54, 1.807) is 42.5 Å². The van der Waals surface area contributed by atoms with Crippen molar-refractivity contribution in [1.29, 1.82) is 0 Å². The smallest absolute Gasteiger partial charge is 0.326 e. The van der Waals surface area contributed by atoms with Crippen LogP contribution in [0.1, 0.15) is 109 Å². The molecule has 28 nitrogen and oxygen atoms in total. The second kappa shape index (κ2) is 36.9. The van der Waals surface area contributed by atoms with E-state index in [9.17, 15) is 68.1 Å². The number of aliphatic hydroxyl groups excluding tert-OH is 1. The van der Waals surface area contributed by atoms with Crippen LogP contribution >= 0.6 is 11.8 Å². The van der Waals surface area contributed by atoms with Crippen LogP contribution in [0.5, 0.6) is 5.75 Å². The average molecular weight is 1250 g/mol. The van der Waals surface area contributed by atoms with Crippen LogP contribution in [0, 0.1) is 5.92 Å².